The number of nitrogens with two attached hydrogens (primary N) is 1. The molecule has 14 heavy (non-hydrogen) atoms. The summed E-state index contributed by atoms with van der Waals surface area (Å²) in [5.74, 6) is 1.60. The average Bonchev–Trinajstić information content (AvgIpc) is 2.01. The van der Waals surface area contributed by atoms with Crippen LogP contribution in [0.25, 0.3) is 0 Å². The molecule has 78 valence electrons. The van der Waals surface area contributed by atoms with Gasteiger partial charge in [-0.2, -0.15) is 15.0 Å². The maximum Gasteiger partial charge on any atom is 0.227 e. The number of anilines is 2. The summed E-state index contributed by atoms with van der Waals surface area (Å²) in [6, 6.07) is 0.297. The third-order valence-corrected chi connectivity index (χ3v) is 1.59. The van der Waals surface area contributed by atoms with Crippen LogP contribution in [0.2, 0.25) is 0 Å². The van der Waals surface area contributed by atoms with E-state index in [2.05, 4.69) is 27.2 Å². The SMILES string of the molecule is CCCc1nc(N)nc(NC(C)C)n1. The molecule has 0 radical (unpaired) electrons. The number of aryl methyl sites for hydroxylation is 1. The van der Waals surface area contributed by atoms with Gasteiger partial charge in [-0.15, -0.1) is 0 Å². The minimum atomic E-state index is 0.284. The van der Waals surface area contributed by atoms with Crippen molar-refractivity contribution in [3.8, 4) is 0 Å². The summed E-state index contributed by atoms with van der Waals surface area (Å²) in [6.45, 7) is 6.13. The standard InChI is InChI=1S/C9H17N5/c1-4-5-7-12-8(10)14-9(13-7)11-6(2)3/h6H,4-5H2,1-3H3,(H3,10,11,12,13,14). The fraction of sp³-hybridized carbons (Fsp3) is 0.667. The predicted molar refractivity (Wildman–Crippen MR) is 57.0 cm³/mol. The van der Waals surface area contributed by atoms with Crippen molar-refractivity contribution < 1.29 is 0 Å². The molecule has 5 heteroatoms. The van der Waals surface area contributed by atoms with Gasteiger partial charge in [0.05, 0.1) is 0 Å². The number of nitrogen functional groups attached to an aromatic ring is 1. The van der Waals surface area contributed by atoms with Crippen molar-refractivity contribution >= 4 is 11.9 Å². The molecule has 0 aliphatic carbocycles. The van der Waals surface area contributed by atoms with E-state index in [9.17, 15) is 0 Å². The van der Waals surface area contributed by atoms with Gasteiger partial charge in [-0.25, -0.2) is 0 Å². The van der Waals surface area contributed by atoms with Gasteiger partial charge in [0.25, 0.3) is 0 Å². The maximum atomic E-state index is 5.56. The monoisotopic (exact) mass is 195 g/mol. The summed E-state index contributed by atoms with van der Waals surface area (Å²) in [6.07, 6.45) is 1.84. The van der Waals surface area contributed by atoms with E-state index in [-0.39, 0.29) is 5.95 Å². The predicted octanol–water partition coefficient (Wildman–Crippen LogP) is 1.23. The van der Waals surface area contributed by atoms with Gasteiger partial charge in [0.15, 0.2) is 0 Å². The highest BCUT2D eigenvalue weighted by Crippen LogP contribution is 2.05. The number of hydrogen-bond acceptors (Lipinski definition) is 5. The van der Waals surface area contributed by atoms with Crippen LogP contribution < -0.4 is 11.1 Å². The molecule has 1 heterocycles. The molecule has 0 amide bonds. The third-order valence-electron chi connectivity index (χ3n) is 1.59. The van der Waals surface area contributed by atoms with Crippen molar-refractivity contribution in [3.05, 3.63) is 5.82 Å². The summed E-state index contributed by atoms with van der Waals surface area (Å²) in [4.78, 5) is 12.3. The zero-order chi connectivity index (χ0) is 10.6. The molecule has 0 unspecified atom stereocenters. The van der Waals surface area contributed by atoms with Crippen molar-refractivity contribution in [1.29, 1.82) is 0 Å². The highest BCUT2D eigenvalue weighted by molar-refractivity contribution is 5.31. The lowest BCUT2D eigenvalue weighted by Gasteiger charge is -2.09. The summed E-state index contributed by atoms with van der Waals surface area (Å²) in [5, 5.41) is 3.10. The van der Waals surface area contributed by atoms with E-state index in [4.69, 9.17) is 5.73 Å². The second kappa shape index (κ2) is 4.74. The van der Waals surface area contributed by atoms with Gasteiger partial charge < -0.3 is 11.1 Å². The van der Waals surface area contributed by atoms with Crippen molar-refractivity contribution in [3.63, 3.8) is 0 Å². The first kappa shape index (κ1) is 10.7. The first-order chi connectivity index (χ1) is 6.61. The lowest BCUT2D eigenvalue weighted by atomic mass is 10.3. The molecule has 0 aromatic carbocycles. The second-order valence-electron chi connectivity index (χ2n) is 3.48. The molecule has 0 atom stereocenters. The molecule has 0 bridgehead atoms. The summed E-state index contributed by atoms with van der Waals surface area (Å²) in [7, 11) is 0. The molecule has 0 saturated heterocycles. The normalized spacial score (nSPS) is 10.6. The Labute approximate surface area is 84.2 Å². The number of nitrogens with zero attached hydrogens (tertiary/aromatic N) is 3. The topological polar surface area (TPSA) is 76.7 Å². The van der Waals surface area contributed by atoms with Crippen LogP contribution >= 0.6 is 0 Å². The Morgan fingerprint density at radius 2 is 2.00 bits per heavy atom. The highest BCUT2D eigenvalue weighted by atomic mass is 15.2. The highest BCUT2D eigenvalue weighted by Gasteiger charge is 2.04. The molecule has 5 nitrogen and oxygen atoms in total. The van der Waals surface area contributed by atoms with Gasteiger partial charge in [-0.05, 0) is 20.3 Å². The van der Waals surface area contributed by atoms with Crippen molar-refractivity contribution in [1.82, 2.24) is 15.0 Å². The summed E-state index contributed by atoms with van der Waals surface area (Å²) < 4.78 is 0. The molecule has 1 aromatic rings. The second-order valence-corrected chi connectivity index (χ2v) is 3.48. The van der Waals surface area contributed by atoms with Crippen molar-refractivity contribution in [2.45, 2.75) is 39.7 Å². The Kier molecular flexibility index (Phi) is 3.62. The molecule has 0 saturated carbocycles. The zero-order valence-electron chi connectivity index (χ0n) is 8.91. The molecule has 1 rings (SSSR count). The minimum Gasteiger partial charge on any atom is -0.368 e. The lowest BCUT2D eigenvalue weighted by Crippen LogP contribution is -2.15. The molecule has 1 aromatic heterocycles. The van der Waals surface area contributed by atoms with E-state index in [0.29, 0.717) is 12.0 Å². The zero-order valence-corrected chi connectivity index (χ0v) is 8.91. The molecule has 3 N–H and O–H groups in total. The summed E-state index contributed by atoms with van der Waals surface area (Å²) >= 11 is 0. The van der Waals surface area contributed by atoms with E-state index in [1.54, 1.807) is 0 Å². The van der Waals surface area contributed by atoms with Gasteiger partial charge in [0, 0.05) is 12.5 Å². The number of nitrogens with one attached hydrogen (secondary N) is 1. The number of aromatic nitrogens is 3. The first-order valence-corrected chi connectivity index (χ1v) is 4.88. The van der Waals surface area contributed by atoms with E-state index in [1.807, 2.05) is 13.8 Å². The molecule has 0 fully saturated rings. The van der Waals surface area contributed by atoms with Crippen LogP contribution in [0, 0.1) is 0 Å². The van der Waals surface area contributed by atoms with E-state index in [1.165, 1.54) is 0 Å². The van der Waals surface area contributed by atoms with Crippen molar-refractivity contribution in [2.24, 2.45) is 0 Å². The Morgan fingerprint density at radius 3 is 2.57 bits per heavy atom. The fourth-order valence-electron chi connectivity index (χ4n) is 1.10. The maximum absolute atomic E-state index is 5.56. The molecular formula is C9H17N5. The first-order valence-electron chi connectivity index (χ1n) is 4.88. The molecule has 0 aliphatic heterocycles. The van der Waals surface area contributed by atoms with Crippen LogP contribution in [0.15, 0.2) is 0 Å². The Hall–Kier alpha value is -1.39. The van der Waals surface area contributed by atoms with Crippen molar-refractivity contribution in [2.75, 3.05) is 11.1 Å². The van der Waals surface area contributed by atoms with Crippen LogP contribution in [-0.2, 0) is 6.42 Å². The van der Waals surface area contributed by atoms with Crippen LogP contribution in [0.1, 0.15) is 33.0 Å². The number of rotatable bonds is 4. The lowest BCUT2D eigenvalue weighted by molar-refractivity contribution is 0.805. The largest absolute Gasteiger partial charge is 0.368 e. The van der Waals surface area contributed by atoms with Gasteiger partial charge in [0.1, 0.15) is 5.82 Å². The molecule has 0 spiro atoms. The van der Waals surface area contributed by atoms with Gasteiger partial charge >= 0.3 is 0 Å². The van der Waals surface area contributed by atoms with E-state index < -0.39 is 0 Å². The van der Waals surface area contributed by atoms with Crippen LogP contribution in [0.4, 0.5) is 11.9 Å². The van der Waals surface area contributed by atoms with E-state index in [0.717, 1.165) is 18.7 Å². The Bertz CT molecular complexity index is 297. The fourth-order valence-corrected chi connectivity index (χ4v) is 1.10. The quantitative estimate of drug-likeness (QED) is 0.755. The molecule has 0 aliphatic rings. The summed E-state index contributed by atoms with van der Waals surface area (Å²) in [5.41, 5.74) is 5.56. The average molecular weight is 195 g/mol. The van der Waals surface area contributed by atoms with E-state index >= 15 is 0 Å². The smallest absolute Gasteiger partial charge is 0.227 e. The molecular weight excluding hydrogens is 178 g/mol. The third kappa shape index (κ3) is 3.16. The van der Waals surface area contributed by atoms with Gasteiger partial charge in [0.2, 0.25) is 11.9 Å². The Balaban J connectivity index is 2.83. The van der Waals surface area contributed by atoms with Gasteiger partial charge in [-0.1, -0.05) is 6.92 Å². The van der Waals surface area contributed by atoms with Crippen LogP contribution in [0.5, 0.6) is 0 Å². The minimum absolute atomic E-state index is 0.284. The van der Waals surface area contributed by atoms with Gasteiger partial charge in [-0.3, -0.25) is 0 Å². The van der Waals surface area contributed by atoms with Crippen LogP contribution in [0.3, 0.4) is 0 Å². The number of hydrogen-bond donors (Lipinski definition) is 2. The Morgan fingerprint density at radius 1 is 1.29 bits per heavy atom. The van der Waals surface area contributed by atoms with Crippen LogP contribution in [-0.4, -0.2) is 21.0 Å².